The molecule has 7 nitrogen and oxygen atoms in total. The van der Waals surface area contributed by atoms with Crippen molar-refractivity contribution in [2.24, 2.45) is 23.7 Å². The van der Waals surface area contributed by atoms with Crippen LogP contribution in [0.25, 0.3) is 0 Å². The number of amides is 2. The second-order valence-electron chi connectivity index (χ2n) is 12.2. The Labute approximate surface area is 261 Å². The van der Waals surface area contributed by atoms with Crippen LogP contribution in [-0.2, 0) is 20.9 Å². The van der Waals surface area contributed by atoms with Crippen molar-refractivity contribution in [1.29, 1.82) is 0 Å². The second kappa shape index (κ2) is 11.8. The van der Waals surface area contributed by atoms with E-state index in [0.29, 0.717) is 29.5 Å². The summed E-state index contributed by atoms with van der Waals surface area (Å²) < 4.78 is 11.3. The van der Waals surface area contributed by atoms with Crippen LogP contribution < -0.4 is 9.64 Å². The van der Waals surface area contributed by atoms with Gasteiger partial charge in [0.1, 0.15) is 12.4 Å². The third-order valence-corrected chi connectivity index (χ3v) is 9.64. The van der Waals surface area contributed by atoms with Gasteiger partial charge in [-0.25, -0.2) is 4.79 Å². The molecule has 1 saturated heterocycles. The number of hydrogen-bond donors (Lipinski definition) is 0. The van der Waals surface area contributed by atoms with Gasteiger partial charge in [0.15, 0.2) is 6.10 Å². The highest BCUT2D eigenvalue weighted by molar-refractivity contribution is 6.22. The summed E-state index contributed by atoms with van der Waals surface area (Å²) in [5.74, 6) is -0.578. The monoisotopic (exact) mass is 599 g/mol. The Kier molecular flexibility index (Phi) is 7.53. The minimum absolute atomic E-state index is 0.143. The Morgan fingerprint density at radius 2 is 1.38 bits per heavy atom. The molecular weight excluding hydrogens is 566 g/mol. The van der Waals surface area contributed by atoms with E-state index in [0.717, 1.165) is 18.4 Å². The number of Topliss-reactive ketones (excluding diaryl/α,β-unsaturated/α-hetero) is 1. The van der Waals surface area contributed by atoms with E-state index in [2.05, 4.69) is 12.1 Å². The number of rotatable bonds is 9. The molecule has 1 heterocycles. The molecule has 0 spiro atoms. The maximum atomic E-state index is 13.6. The molecule has 0 unspecified atom stereocenters. The van der Waals surface area contributed by atoms with Crippen molar-refractivity contribution in [2.45, 2.75) is 38.4 Å². The Balaban J connectivity index is 0.969. The SMILES string of the molecule is C[C@H](OC(=O)c1ccc(N2C(=O)[C@@H]3[C@@H]4C[C@@H]([C@@H]3C2=O)[C@@H](c2ccccc2)C4)cc1)C(=O)c1ccc(OCc2ccccc2)cc1. The molecule has 0 aromatic heterocycles. The predicted octanol–water partition coefficient (Wildman–Crippen LogP) is 6.62. The average molecular weight is 600 g/mol. The number of anilines is 1. The van der Waals surface area contributed by atoms with Gasteiger partial charge in [0.05, 0.1) is 23.1 Å². The Morgan fingerprint density at radius 1 is 0.756 bits per heavy atom. The molecule has 2 aliphatic carbocycles. The van der Waals surface area contributed by atoms with E-state index in [4.69, 9.17) is 9.47 Å². The fourth-order valence-electron chi connectivity index (χ4n) is 7.52. The molecule has 4 aromatic rings. The third kappa shape index (κ3) is 5.33. The number of esters is 1. The highest BCUT2D eigenvalue weighted by atomic mass is 16.5. The smallest absolute Gasteiger partial charge is 0.338 e. The van der Waals surface area contributed by atoms with Crippen LogP contribution in [0.15, 0.2) is 109 Å². The van der Waals surface area contributed by atoms with Crippen LogP contribution in [0.2, 0.25) is 0 Å². The van der Waals surface area contributed by atoms with Crippen molar-refractivity contribution in [3.8, 4) is 5.75 Å². The normalized spacial score (nSPS) is 23.9. The lowest BCUT2D eigenvalue weighted by Crippen LogP contribution is -2.33. The average Bonchev–Trinajstić information content (AvgIpc) is 3.75. The van der Waals surface area contributed by atoms with Gasteiger partial charge in [-0.15, -0.1) is 0 Å². The molecule has 3 fully saturated rings. The second-order valence-corrected chi connectivity index (χ2v) is 12.2. The highest BCUT2D eigenvalue weighted by Gasteiger charge is 2.64. The summed E-state index contributed by atoms with van der Waals surface area (Å²) >= 11 is 0. The van der Waals surface area contributed by atoms with Gasteiger partial charge in [-0.2, -0.15) is 0 Å². The third-order valence-electron chi connectivity index (χ3n) is 9.64. The number of hydrogen-bond acceptors (Lipinski definition) is 6. The van der Waals surface area contributed by atoms with E-state index >= 15 is 0 Å². The first-order chi connectivity index (χ1) is 21.9. The lowest BCUT2D eigenvalue weighted by molar-refractivity contribution is -0.123. The number of imide groups is 1. The molecule has 7 rings (SSSR count). The van der Waals surface area contributed by atoms with E-state index in [1.165, 1.54) is 29.5 Å². The van der Waals surface area contributed by atoms with Crippen LogP contribution in [0.1, 0.15) is 57.5 Å². The summed E-state index contributed by atoms with van der Waals surface area (Å²) in [6.07, 6.45) is 0.826. The molecule has 2 saturated carbocycles. The van der Waals surface area contributed by atoms with Gasteiger partial charge >= 0.3 is 5.97 Å². The van der Waals surface area contributed by atoms with Crippen LogP contribution in [0.4, 0.5) is 5.69 Å². The molecule has 45 heavy (non-hydrogen) atoms. The Morgan fingerprint density at radius 3 is 2.07 bits per heavy atom. The summed E-state index contributed by atoms with van der Waals surface area (Å²) in [6, 6.07) is 33.0. The minimum atomic E-state index is -1.01. The first-order valence-corrected chi connectivity index (χ1v) is 15.4. The molecule has 0 radical (unpaired) electrons. The van der Waals surface area contributed by atoms with Gasteiger partial charge in [0.2, 0.25) is 17.6 Å². The molecule has 2 bridgehead atoms. The minimum Gasteiger partial charge on any atom is -0.489 e. The fraction of sp³-hybridized carbons (Fsp3) is 0.263. The first kappa shape index (κ1) is 28.7. The molecule has 0 N–H and O–H groups in total. The van der Waals surface area contributed by atoms with E-state index in [-0.39, 0.29) is 46.8 Å². The standard InChI is InChI=1S/C38H33NO6/c1-23(35(40)26-14-18-30(19-15-26)44-22-24-8-4-2-5-9-24)45-38(43)27-12-16-29(17-13-27)39-36(41)33-28-20-31(25-10-6-3-7-11-25)32(21-28)34(33)37(39)42/h2-19,23,28,31-34H,20-22H2,1H3/t23-,28-,31+,32+,33+,34-/m0/s1. The van der Waals surface area contributed by atoms with Gasteiger partial charge in [-0.1, -0.05) is 60.7 Å². The highest BCUT2D eigenvalue weighted by Crippen LogP contribution is 2.61. The zero-order valence-electron chi connectivity index (χ0n) is 24.9. The lowest BCUT2D eigenvalue weighted by Gasteiger charge is -2.28. The molecule has 226 valence electrons. The zero-order valence-corrected chi connectivity index (χ0v) is 24.9. The fourth-order valence-corrected chi connectivity index (χ4v) is 7.52. The molecule has 2 amide bonds. The number of benzene rings is 4. The molecule has 7 heteroatoms. The summed E-state index contributed by atoms with van der Waals surface area (Å²) in [5, 5.41) is 0. The Hall–Kier alpha value is -5.04. The largest absolute Gasteiger partial charge is 0.489 e. The molecule has 6 atom stereocenters. The van der Waals surface area contributed by atoms with Gasteiger partial charge in [-0.05, 0) is 97.2 Å². The van der Waals surface area contributed by atoms with Gasteiger partial charge < -0.3 is 9.47 Å². The van der Waals surface area contributed by atoms with Crippen LogP contribution >= 0.6 is 0 Å². The molecule has 1 aliphatic heterocycles. The molecular formula is C38H33NO6. The number of fused-ring (bicyclic) bond motifs is 5. The number of carbonyl (C=O) groups is 4. The summed E-state index contributed by atoms with van der Waals surface area (Å²) in [6.45, 7) is 1.95. The number of carbonyl (C=O) groups excluding carboxylic acids is 4. The van der Waals surface area contributed by atoms with Crippen LogP contribution in [0, 0.1) is 23.7 Å². The quantitative estimate of drug-likeness (QED) is 0.122. The van der Waals surface area contributed by atoms with Gasteiger partial charge in [0, 0.05) is 5.56 Å². The first-order valence-electron chi connectivity index (χ1n) is 15.4. The van der Waals surface area contributed by atoms with Crippen molar-refractivity contribution < 1.29 is 28.7 Å². The van der Waals surface area contributed by atoms with Crippen molar-refractivity contribution in [1.82, 2.24) is 0 Å². The molecule has 4 aromatic carbocycles. The van der Waals surface area contributed by atoms with E-state index in [1.54, 1.807) is 36.4 Å². The van der Waals surface area contributed by atoms with Crippen LogP contribution in [-0.4, -0.2) is 29.7 Å². The number of ether oxygens (including phenoxy) is 2. The van der Waals surface area contributed by atoms with Crippen molar-refractivity contribution in [3.63, 3.8) is 0 Å². The van der Waals surface area contributed by atoms with E-state index in [9.17, 15) is 19.2 Å². The zero-order chi connectivity index (χ0) is 31.1. The van der Waals surface area contributed by atoms with Crippen molar-refractivity contribution in [3.05, 3.63) is 131 Å². The topological polar surface area (TPSA) is 90.0 Å². The number of nitrogens with zero attached hydrogens (tertiary/aromatic N) is 1. The summed E-state index contributed by atoms with van der Waals surface area (Å²) in [7, 11) is 0. The van der Waals surface area contributed by atoms with E-state index < -0.39 is 12.1 Å². The van der Waals surface area contributed by atoms with Crippen molar-refractivity contribution >= 4 is 29.3 Å². The molecule has 3 aliphatic rings. The van der Waals surface area contributed by atoms with Gasteiger partial charge in [0.25, 0.3) is 0 Å². The van der Waals surface area contributed by atoms with E-state index in [1.807, 2.05) is 48.5 Å². The predicted molar refractivity (Wildman–Crippen MR) is 168 cm³/mol. The number of ketones is 1. The maximum absolute atomic E-state index is 13.6. The summed E-state index contributed by atoms with van der Waals surface area (Å²) in [4.78, 5) is 54.3. The lowest BCUT2D eigenvalue weighted by atomic mass is 9.73. The maximum Gasteiger partial charge on any atom is 0.338 e. The summed E-state index contributed by atoms with van der Waals surface area (Å²) in [5.41, 5.74) is 3.36. The van der Waals surface area contributed by atoms with Crippen LogP contribution in [0.5, 0.6) is 5.75 Å². The Bertz CT molecular complexity index is 1730. The van der Waals surface area contributed by atoms with Crippen LogP contribution in [0.3, 0.4) is 0 Å². The van der Waals surface area contributed by atoms with Crippen molar-refractivity contribution in [2.75, 3.05) is 4.90 Å². The van der Waals surface area contributed by atoms with Gasteiger partial charge in [-0.3, -0.25) is 19.3 Å².